The fourth-order valence-electron chi connectivity index (χ4n) is 2.33. The molecule has 1 amide bonds. The largest absolute Gasteiger partial charge is 0.381 e. The van der Waals surface area contributed by atoms with E-state index in [0.717, 1.165) is 22.5 Å². The molecule has 0 atom stereocenters. The van der Waals surface area contributed by atoms with E-state index in [1.807, 2.05) is 48.7 Å². The van der Waals surface area contributed by atoms with Crippen molar-refractivity contribution in [3.63, 3.8) is 0 Å². The molecular formula is C20H17N3OS. The van der Waals surface area contributed by atoms with E-state index in [4.69, 9.17) is 6.42 Å². The van der Waals surface area contributed by atoms with Crippen molar-refractivity contribution < 1.29 is 4.79 Å². The van der Waals surface area contributed by atoms with Gasteiger partial charge in [0, 0.05) is 28.7 Å². The molecule has 0 aliphatic heterocycles. The average Bonchev–Trinajstić information content (AvgIpc) is 3.05. The standard InChI is InChI=1S/C20H17N3OS/c1-3-15-6-4-5-7-17(15)12-21-18-10-8-16(9-11-18)19(24)23-20-22-14(2)13-25-20/h1,4-11,13,21H,12H2,2H3,(H,22,23,24). The molecular weight excluding hydrogens is 330 g/mol. The highest BCUT2D eigenvalue weighted by Crippen LogP contribution is 2.17. The Morgan fingerprint density at radius 2 is 1.96 bits per heavy atom. The molecule has 25 heavy (non-hydrogen) atoms. The molecule has 2 aromatic carbocycles. The smallest absolute Gasteiger partial charge is 0.257 e. The van der Waals surface area contributed by atoms with E-state index < -0.39 is 0 Å². The Kier molecular flexibility index (Phi) is 5.12. The predicted molar refractivity (Wildman–Crippen MR) is 103 cm³/mol. The molecule has 0 spiro atoms. The number of aryl methyl sites for hydroxylation is 1. The minimum absolute atomic E-state index is 0.168. The molecule has 0 aliphatic rings. The maximum atomic E-state index is 12.2. The normalized spacial score (nSPS) is 10.1. The zero-order valence-electron chi connectivity index (χ0n) is 13.7. The summed E-state index contributed by atoms with van der Waals surface area (Å²) in [6, 6.07) is 15.1. The lowest BCUT2D eigenvalue weighted by atomic mass is 10.1. The van der Waals surface area contributed by atoms with Crippen LogP contribution in [-0.2, 0) is 6.54 Å². The van der Waals surface area contributed by atoms with Crippen molar-refractivity contribution in [2.45, 2.75) is 13.5 Å². The summed E-state index contributed by atoms with van der Waals surface area (Å²) in [4.78, 5) is 16.4. The van der Waals surface area contributed by atoms with Crippen LogP contribution in [-0.4, -0.2) is 10.9 Å². The predicted octanol–water partition coefficient (Wildman–Crippen LogP) is 4.30. The molecule has 1 heterocycles. The van der Waals surface area contributed by atoms with Gasteiger partial charge in [-0.05, 0) is 42.8 Å². The van der Waals surface area contributed by atoms with Gasteiger partial charge in [-0.3, -0.25) is 10.1 Å². The van der Waals surface area contributed by atoms with Crippen molar-refractivity contribution in [1.82, 2.24) is 4.98 Å². The Labute approximate surface area is 150 Å². The molecule has 0 saturated heterocycles. The number of nitrogens with one attached hydrogen (secondary N) is 2. The quantitative estimate of drug-likeness (QED) is 0.677. The molecule has 0 fully saturated rings. The third kappa shape index (κ3) is 4.25. The molecule has 0 aliphatic carbocycles. The number of rotatable bonds is 5. The molecule has 2 N–H and O–H groups in total. The molecule has 0 bridgehead atoms. The van der Waals surface area contributed by atoms with Crippen LogP contribution in [0.4, 0.5) is 10.8 Å². The summed E-state index contributed by atoms with van der Waals surface area (Å²) in [6.07, 6.45) is 5.51. The molecule has 1 aromatic heterocycles. The van der Waals surface area contributed by atoms with Gasteiger partial charge < -0.3 is 5.32 Å². The van der Waals surface area contributed by atoms with Gasteiger partial charge in [0.1, 0.15) is 0 Å². The van der Waals surface area contributed by atoms with Crippen LogP contribution in [0.15, 0.2) is 53.9 Å². The van der Waals surface area contributed by atoms with E-state index in [0.29, 0.717) is 17.2 Å². The molecule has 0 radical (unpaired) electrons. The monoisotopic (exact) mass is 347 g/mol. The number of benzene rings is 2. The minimum Gasteiger partial charge on any atom is -0.381 e. The second kappa shape index (κ2) is 7.65. The number of thiazole rings is 1. The van der Waals surface area contributed by atoms with E-state index in [1.54, 1.807) is 12.1 Å². The first kappa shape index (κ1) is 16.7. The maximum Gasteiger partial charge on any atom is 0.257 e. The minimum atomic E-state index is -0.168. The first-order chi connectivity index (χ1) is 12.2. The van der Waals surface area contributed by atoms with Crippen LogP contribution in [0.2, 0.25) is 0 Å². The van der Waals surface area contributed by atoms with Gasteiger partial charge in [0.05, 0.1) is 5.69 Å². The van der Waals surface area contributed by atoms with Crippen molar-refractivity contribution in [1.29, 1.82) is 0 Å². The third-order valence-corrected chi connectivity index (χ3v) is 4.52. The summed E-state index contributed by atoms with van der Waals surface area (Å²) in [6.45, 7) is 2.52. The zero-order valence-corrected chi connectivity index (χ0v) is 14.6. The number of anilines is 2. The lowest BCUT2D eigenvalue weighted by Gasteiger charge is -2.09. The van der Waals surface area contributed by atoms with Crippen molar-refractivity contribution in [3.05, 3.63) is 76.3 Å². The zero-order chi connectivity index (χ0) is 17.6. The maximum absolute atomic E-state index is 12.2. The molecule has 5 heteroatoms. The Hall–Kier alpha value is -3.10. The summed E-state index contributed by atoms with van der Waals surface area (Å²) >= 11 is 1.41. The van der Waals surface area contributed by atoms with Gasteiger partial charge in [0.25, 0.3) is 5.91 Å². The van der Waals surface area contributed by atoms with Crippen LogP contribution in [0.5, 0.6) is 0 Å². The molecule has 124 valence electrons. The van der Waals surface area contributed by atoms with Gasteiger partial charge >= 0.3 is 0 Å². The van der Waals surface area contributed by atoms with Gasteiger partial charge in [-0.2, -0.15) is 0 Å². The van der Waals surface area contributed by atoms with Crippen LogP contribution < -0.4 is 10.6 Å². The molecule has 4 nitrogen and oxygen atoms in total. The highest BCUT2D eigenvalue weighted by Gasteiger charge is 2.08. The molecule has 0 saturated carbocycles. The molecule has 3 rings (SSSR count). The fourth-order valence-corrected chi connectivity index (χ4v) is 3.02. The van der Waals surface area contributed by atoms with Gasteiger partial charge in [-0.25, -0.2) is 4.98 Å². The SMILES string of the molecule is C#Cc1ccccc1CNc1ccc(C(=O)Nc2nc(C)cs2)cc1. The second-order valence-electron chi connectivity index (χ2n) is 5.48. The lowest BCUT2D eigenvalue weighted by molar-refractivity contribution is 0.102. The van der Waals surface area contributed by atoms with Crippen LogP contribution in [0.1, 0.15) is 27.2 Å². The Bertz CT molecular complexity index is 923. The third-order valence-electron chi connectivity index (χ3n) is 3.64. The number of terminal acetylenes is 1. The number of hydrogen-bond acceptors (Lipinski definition) is 4. The van der Waals surface area contributed by atoms with Gasteiger partial charge in [0.2, 0.25) is 0 Å². The first-order valence-electron chi connectivity index (χ1n) is 7.77. The van der Waals surface area contributed by atoms with Crippen LogP contribution >= 0.6 is 11.3 Å². The number of carbonyl (C=O) groups is 1. The van der Waals surface area contributed by atoms with Crippen LogP contribution in [0.3, 0.4) is 0 Å². The van der Waals surface area contributed by atoms with E-state index >= 15 is 0 Å². The van der Waals surface area contributed by atoms with E-state index in [1.165, 1.54) is 11.3 Å². The van der Waals surface area contributed by atoms with Crippen molar-refractivity contribution in [2.75, 3.05) is 10.6 Å². The summed E-state index contributed by atoms with van der Waals surface area (Å²) in [7, 11) is 0. The summed E-state index contributed by atoms with van der Waals surface area (Å²) in [5.74, 6) is 2.51. The highest BCUT2D eigenvalue weighted by atomic mass is 32.1. The van der Waals surface area contributed by atoms with E-state index in [9.17, 15) is 4.79 Å². The Morgan fingerprint density at radius 1 is 1.20 bits per heavy atom. The topological polar surface area (TPSA) is 54.0 Å². The summed E-state index contributed by atoms with van der Waals surface area (Å²) in [5, 5.41) is 8.62. The summed E-state index contributed by atoms with van der Waals surface area (Å²) in [5.41, 5.74) is 4.35. The first-order valence-corrected chi connectivity index (χ1v) is 8.65. The second-order valence-corrected chi connectivity index (χ2v) is 6.34. The average molecular weight is 347 g/mol. The van der Waals surface area contributed by atoms with Crippen molar-refractivity contribution in [3.8, 4) is 12.3 Å². The van der Waals surface area contributed by atoms with Gasteiger partial charge in [0.15, 0.2) is 5.13 Å². The molecule has 0 unspecified atom stereocenters. The highest BCUT2D eigenvalue weighted by molar-refractivity contribution is 7.13. The number of aromatic nitrogens is 1. The van der Waals surface area contributed by atoms with Crippen LogP contribution in [0.25, 0.3) is 0 Å². The lowest BCUT2D eigenvalue weighted by Crippen LogP contribution is -2.11. The van der Waals surface area contributed by atoms with Crippen LogP contribution in [0, 0.1) is 19.3 Å². The molecule has 3 aromatic rings. The number of amides is 1. The van der Waals surface area contributed by atoms with E-state index in [-0.39, 0.29) is 5.91 Å². The number of carbonyl (C=O) groups excluding carboxylic acids is 1. The summed E-state index contributed by atoms with van der Waals surface area (Å²) < 4.78 is 0. The Morgan fingerprint density at radius 3 is 2.64 bits per heavy atom. The number of hydrogen-bond donors (Lipinski definition) is 2. The number of nitrogens with zero attached hydrogens (tertiary/aromatic N) is 1. The van der Waals surface area contributed by atoms with Crippen molar-refractivity contribution in [2.24, 2.45) is 0 Å². The van der Waals surface area contributed by atoms with Crippen molar-refractivity contribution >= 4 is 28.1 Å². The fraction of sp³-hybridized carbons (Fsp3) is 0.100. The van der Waals surface area contributed by atoms with E-state index in [2.05, 4.69) is 21.5 Å². The van der Waals surface area contributed by atoms with Gasteiger partial charge in [-0.1, -0.05) is 24.1 Å². The van der Waals surface area contributed by atoms with Gasteiger partial charge in [-0.15, -0.1) is 17.8 Å². The Balaban J connectivity index is 1.62.